The number of H-pyrrole nitrogens is 1. The zero-order chi connectivity index (χ0) is 14.3. The molecule has 4 heteroatoms. The van der Waals surface area contributed by atoms with Crippen molar-refractivity contribution in [1.29, 1.82) is 0 Å². The highest BCUT2D eigenvalue weighted by Gasteiger charge is 2.33. The van der Waals surface area contributed by atoms with Crippen molar-refractivity contribution in [3.8, 4) is 0 Å². The number of hydrogen-bond acceptors (Lipinski definition) is 2. The van der Waals surface area contributed by atoms with Crippen molar-refractivity contribution >= 4 is 17.0 Å². The molecule has 0 saturated heterocycles. The SMILES string of the molecule is Cc1cc(C)c2nc(C3CCCCC3C(=O)O)[nH]c2c1. The number of rotatable bonds is 2. The van der Waals surface area contributed by atoms with Gasteiger partial charge in [-0.25, -0.2) is 4.98 Å². The fourth-order valence-corrected chi connectivity index (χ4v) is 3.42. The van der Waals surface area contributed by atoms with Gasteiger partial charge in [-0.05, 0) is 43.9 Å². The number of aromatic nitrogens is 2. The number of nitrogens with zero attached hydrogens (tertiary/aromatic N) is 1. The second-order valence-corrected chi connectivity index (χ2v) is 5.94. The number of aromatic amines is 1. The molecule has 0 amide bonds. The second kappa shape index (κ2) is 4.93. The highest BCUT2D eigenvalue weighted by atomic mass is 16.4. The van der Waals surface area contributed by atoms with Crippen LogP contribution in [0.1, 0.15) is 48.6 Å². The lowest BCUT2D eigenvalue weighted by molar-refractivity contribution is -0.143. The quantitative estimate of drug-likeness (QED) is 0.878. The van der Waals surface area contributed by atoms with E-state index in [4.69, 9.17) is 4.98 Å². The standard InChI is InChI=1S/C16H20N2O2/c1-9-7-10(2)14-13(8-9)17-15(18-14)11-5-3-4-6-12(11)16(19)20/h7-8,11-12H,3-6H2,1-2H3,(H,17,18)(H,19,20). The molecule has 1 fully saturated rings. The second-order valence-electron chi connectivity index (χ2n) is 5.94. The van der Waals surface area contributed by atoms with Crippen LogP contribution in [0.5, 0.6) is 0 Å². The molecule has 1 aromatic carbocycles. The minimum absolute atomic E-state index is 0.0216. The van der Waals surface area contributed by atoms with Crippen LogP contribution in [-0.2, 0) is 4.79 Å². The molecule has 1 saturated carbocycles. The summed E-state index contributed by atoms with van der Waals surface area (Å²) in [6, 6.07) is 4.19. The van der Waals surface area contributed by atoms with Crippen LogP contribution in [0, 0.1) is 19.8 Å². The molecule has 0 aliphatic heterocycles. The number of carboxylic acids is 1. The van der Waals surface area contributed by atoms with E-state index in [1.807, 2.05) is 0 Å². The molecular formula is C16H20N2O2. The number of aryl methyl sites for hydroxylation is 2. The van der Waals surface area contributed by atoms with Gasteiger partial charge >= 0.3 is 5.97 Å². The first-order chi connectivity index (χ1) is 9.56. The summed E-state index contributed by atoms with van der Waals surface area (Å²) in [6.07, 6.45) is 3.76. The Morgan fingerprint density at radius 2 is 2.05 bits per heavy atom. The van der Waals surface area contributed by atoms with E-state index in [9.17, 15) is 9.90 Å². The normalized spacial score (nSPS) is 23.1. The van der Waals surface area contributed by atoms with Crippen molar-refractivity contribution in [3.63, 3.8) is 0 Å². The summed E-state index contributed by atoms with van der Waals surface area (Å²) in [6.45, 7) is 4.11. The number of benzene rings is 1. The Hall–Kier alpha value is -1.84. The molecule has 1 heterocycles. The van der Waals surface area contributed by atoms with Crippen molar-refractivity contribution in [2.24, 2.45) is 5.92 Å². The molecule has 3 rings (SSSR count). The number of hydrogen-bond donors (Lipinski definition) is 2. The molecule has 0 bridgehead atoms. The summed E-state index contributed by atoms with van der Waals surface area (Å²) in [5, 5.41) is 9.40. The molecule has 106 valence electrons. The molecule has 1 aromatic heterocycles. The Morgan fingerprint density at radius 1 is 1.30 bits per heavy atom. The van der Waals surface area contributed by atoms with Gasteiger partial charge < -0.3 is 10.1 Å². The molecule has 20 heavy (non-hydrogen) atoms. The average Bonchev–Trinajstić information content (AvgIpc) is 2.82. The predicted molar refractivity (Wildman–Crippen MR) is 77.9 cm³/mol. The van der Waals surface area contributed by atoms with Gasteiger partial charge in [0.1, 0.15) is 5.82 Å². The van der Waals surface area contributed by atoms with Crippen LogP contribution < -0.4 is 0 Å². The third-order valence-electron chi connectivity index (χ3n) is 4.37. The van der Waals surface area contributed by atoms with E-state index in [2.05, 4.69) is 31.0 Å². The maximum Gasteiger partial charge on any atom is 0.307 e. The number of aliphatic carboxylic acids is 1. The Labute approximate surface area is 118 Å². The van der Waals surface area contributed by atoms with E-state index in [0.717, 1.165) is 48.1 Å². The van der Waals surface area contributed by atoms with Gasteiger partial charge in [-0.15, -0.1) is 0 Å². The minimum atomic E-state index is -0.692. The van der Waals surface area contributed by atoms with Crippen molar-refractivity contribution in [3.05, 3.63) is 29.1 Å². The third-order valence-corrected chi connectivity index (χ3v) is 4.37. The maximum absolute atomic E-state index is 11.4. The molecular weight excluding hydrogens is 252 g/mol. The van der Waals surface area contributed by atoms with Gasteiger partial charge in [0.2, 0.25) is 0 Å². The topological polar surface area (TPSA) is 66.0 Å². The van der Waals surface area contributed by atoms with Gasteiger partial charge in [-0.2, -0.15) is 0 Å². The number of carbonyl (C=O) groups is 1. The zero-order valence-electron chi connectivity index (χ0n) is 11.9. The highest BCUT2D eigenvalue weighted by molar-refractivity contribution is 5.80. The summed E-state index contributed by atoms with van der Waals surface area (Å²) in [5.74, 6) is -0.122. The highest BCUT2D eigenvalue weighted by Crippen LogP contribution is 2.37. The molecule has 1 aliphatic carbocycles. The van der Waals surface area contributed by atoms with E-state index in [1.54, 1.807) is 0 Å². The largest absolute Gasteiger partial charge is 0.481 e. The van der Waals surface area contributed by atoms with Crippen LogP contribution in [0.15, 0.2) is 12.1 Å². The van der Waals surface area contributed by atoms with Crippen LogP contribution in [-0.4, -0.2) is 21.0 Å². The molecule has 4 nitrogen and oxygen atoms in total. The van der Waals surface area contributed by atoms with Gasteiger partial charge in [-0.3, -0.25) is 4.79 Å². The first-order valence-corrected chi connectivity index (χ1v) is 7.26. The van der Waals surface area contributed by atoms with Crippen molar-refractivity contribution in [1.82, 2.24) is 9.97 Å². The van der Waals surface area contributed by atoms with Crippen LogP contribution >= 0.6 is 0 Å². The number of fused-ring (bicyclic) bond motifs is 1. The molecule has 2 aromatic rings. The van der Waals surface area contributed by atoms with Crippen LogP contribution in [0.2, 0.25) is 0 Å². The summed E-state index contributed by atoms with van der Waals surface area (Å²) in [7, 11) is 0. The third kappa shape index (κ3) is 2.19. The Balaban J connectivity index is 2.04. The first-order valence-electron chi connectivity index (χ1n) is 7.26. The van der Waals surface area contributed by atoms with Crippen molar-refractivity contribution < 1.29 is 9.90 Å². The van der Waals surface area contributed by atoms with Gasteiger partial charge in [0.05, 0.1) is 17.0 Å². The van der Waals surface area contributed by atoms with Crippen molar-refractivity contribution in [2.75, 3.05) is 0 Å². The molecule has 0 radical (unpaired) electrons. The lowest BCUT2D eigenvalue weighted by Gasteiger charge is -2.26. The van der Waals surface area contributed by atoms with Crippen LogP contribution in [0.25, 0.3) is 11.0 Å². The van der Waals surface area contributed by atoms with Gasteiger partial charge in [0, 0.05) is 5.92 Å². The van der Waals surface area contributed by atoms with E-state index >= 15 is 0 Å². The average molecular weight is 272 g/mol. The van der Waals surface area contributed by atoms with Crippen molar-refractivity contribution in [2.45, 2.75) is 45.4 Å². The Bertz CT molecular complexity index is 660. The molecule has 0 spiro atoms. The van der Waals surface area contributed by atoms with E-state index < -0.39 is 5.97 Å². The molecule has 1 aliphatic rings. The molecule has 2 unspecified atom stereocenters. The Morgan fingerprint density at radius 3 is 2.80 bits per heavy atom. The van der Waals surface area contributed by atoms with Crippen LogP contribution in [0.4, 0.5) is 0 Å². The lowest BCUT2D eigenvalue weighted by Crippen LogP contribution is -2.26. The predicted octanol–water partition coefficient (Wildman–Crippen LogP) is 3.54. The summed E-state index contributed by atoms with van der Waals surface area (Å²) in [4.78, 5) is 19.5. The van der Waals surface area contributed by atoms with Gasteiger partial charge in [-0.1, -0.05) is 18.9 Å². The fraction of sp³-hybridized carbons (Fsp3) is 0.500. The summed E-state index contributed by atoms with van der Waals surface area (Å²) >= 11 is 0. The lowest BCUT2D eigenvalue weighted by atomic mass is 9.79. The number of imidazole rings is 1. The van der Waals surface area contributed by atoms with E-state index in [0.29, 0.717) is 0 Å². The van der Waals surface area contributed by atoms with E-state index in [-0.39, 0.29) is 11.8 Å². The summed E-state index contributed by atoms with van der Waals surface area (Å²) in [5.41, 5.74) is 4.33. The maximum atomic E-state index is 11.4. The summed E-state index contributed by atoms with van der Waals surface area (Å²) < 4.78 is 0. The minimum Gasteiger partial charge on any atom is -0.481 e. The van der Waals surface area contributed by atoms with Gasteiger partial charge in [0.25, 0.3) is 0 Å². The molecule has 2 atom stereocenters. The monoisotopic (exact) mass is 272 g/mol. The smallest absolute Gasteiger partial charge is 0.307 e. The zero-order valence-corrected chi connectivity index (χ0v) is 11.9. The van der Waals surface area contributed by atoms with E-state index in [1.165, 1.54) is 5.56 Å². The Kier molecular flexibility index (Phi) is 3.24. The number of nitrogens with one attached hydrogen (secondary N) is 1. The number of carboxylic acid groups (broad SMARTS) is 1. The van der Waals surface area contributed by atoms with Gasteiger partial charge in [0.15, 0.2) is 0 Å². The molecule has 2 N–H and O–H groups in total. The first kappa shape index (κ1) is 13.2. The fourth-order valence-electron chi connectivity index (χ4n) is 3.42. The van der Waals surface area contributed by atoms with Crippen LogP contribution in [0.3, 0.4) is 0 Å².